The van der Waals surface area contributed by atoms with Crippen LogP contribution in [-0.2, 0) is 12.1 Å². The highest BCUT2D eigenvalue weighted by Gasteiger charge is 2.64. The second-order valence-corrected chi connectivity index (χ2v) is 5.74. The third-order valence-electron chi connectivity index (χ3n) is 4.81. The summed E-state index contributed by atoms with van der Waals surface area (Å²) in [6.07, 6.45) is 2.50. The van der Waals surface area contributed by atoms with Crippen molar-refractivity contribution in [1.82, 2.24) is 4.90 Å². The van der Waals surface area contributed by atoms with Crippen LogP contribution in [0.1, 0.15) is 30.9 Å². The van der Waals surface area contributed by atoms with Crippen LogP contribution in [0.3, 0.4) is 0 Å². The predicted octanol–water partition coefficient (Wildman–Crippen LogP) is 3.95. The number of nitrogens with zero attached hydrogens (tertiary/aromatic N) is 1. The molecule has 0 saturated carbocycles. The van der Waals surface area contributed by atoms with Gasteiger partial charge in [-0.05, 0) is 24.0 Å². The molecule has 0 aromatic heterocycles. The van der Waals surface area contributed by atoms with Crippen molar-refractivity contribution in [3.63, 3.8) is 0 Å². The number of alkyl halides is 2. The third-order valence-corrected chi connectivity index (χ3v) is 4.81. The molecule has 2 heterocycles. The molecule has 19 heavy (non-hydrogen) atoms. The van der Waals surface area contributed by atoms with Gasteiger partial charge in [0.15, 0.2) is 0 Å². The molecule has 2 aliphatic heterocycles. The van der Waals surface area contributed by atoms with Crippen LogP contribution in [0.5, 0.6) is 0 Å². The Morgan fingerprint density at radius 3 is 2.89 bits per heavy atom. The summed E-state index contributed by atoms with van der Waals surface area (Å²) in [5.41, 5.74) is 0.660. The summed E-state index contributed by atoms with van der Waals surface area (Å²) < 4.78 is 30.0. The van der Waals surface area contributed by atoms with E-state index in [9.17, 15) is 8.78 Å². The summed E-state index contributed by atoms with van der Waals surface area (Å²) >= 11 is 0. The third kappa shape index (κ3) is 1.48. The molecule has 3 heteroatoms. The summed E-state index contributed by atoms with van der Waals surface area (Å²) in [4.78, 5) is 1.96. The Kier molecular flexibility index (Phi) is 2.79. The molecule has 1 aromatic rings. The van der Waals surface area contributed by atoms with E-state index >= 15 is 0 Å². The van der Waals surface area contributed by atoms with Crippen molar-refractivity contribution in [2.45, 2.75) is 37.8 Å². The minimum absolute atomic E-state index is 0.307. The van der Waals surface area contributed by atoms with E-state index < -0.39 is 17.4 Å². The normalized spacial score (nSPS) is 32.7. The highest BCUT2D eigenvalue weighted by atomic mass is 19.3. The first-order valence-corrected chi connectivity index (χ1v) is 6.86. The maximum Gasteiger partial charge on any atom is 0.273 e. The molecule has 102 valence electrons. The van der Waals surface area contributed by atoms with E-state index in [1.165, 1.54) is 0 Å². The van der Waals surface area contributed by atoms with Gasteiger partial charge < -0.3 is 0 Å². The van der Waals surface area contributed by atoms with E-state index in [1.807, 2.05) is 29.2 Å². The SMILES string of the molecule is C=CC[C@]12c3ccccc3CN1CC[C@@H](C)C2(F)F. The molecule has 0 aliphatic carbocycles. The molecule has 0 radical (unpaired) electrons. The van der Waals surface area contributed by atoms with Crippen molar-refractivity contribution >= 4 is 0 Å². The quantitative estimate of drug-likeness (QED) is 0.730. The minimum Gasteiger partial charge on any atom is -0.284 e. The first-order valence-electron chi connectivity index (χ1n) is 6.86. The van der Waals surface area contributed by atoms with Crippen LogP contribution < -0.4 is 0 Å². The molecule has 3 rings (SSSR count). The lowest BCUT2D eigenvalue weighted by molar-refractivity contribution is -0.203. The van der Waals surface area contributed by atoms with Crippen molar-refractivity contribution in [2.75, 3.05) is 6.54 Å². The van der Waals surface area contributed by atoms with Crippen molar-refractivity contribution in [3.8, 4) is 0 Å². The van der Waals surface area contributed by atoms with E-state index in [1.54, 1.807) is 13.0 Å². The zero-order chi connectivity index (χ0) is 13.7. The molecule has 0 amide bonds. The smallest absolute Gasteiger partial charge is 0.273 e. The second kappa shape index (κ2) is 4.14. The number of piperidine rings is 1. The van der Waals surface area contributed by atoms with Gasteiger partial charge in [0.05, 0.1) is 0 Å². The summed E-state index contributed by atoms with van der Waals surface area (Å²) in [5.74, 6) is -3.30. The fourth-order valence-corrected chi connectivity index (χ4v) is 3.76. The Balaban J connectivity index is 2.22. The van der Waals surface area contributed by atoms with Crippen molar-refractivity contribution in [1.29, 1.82) is 0 Å². The van der Waals surface area contributed by atoms with Gasteiger partial charge in [-0.3, -0.25) is 4.90 Å². The van der Waals surface area contributed by atoms with Crippen LogP contribution in [0.4, 0.5) is 8.78 Å². The molecule has 1 fully saturated rings. The number of fused-ring (bicyclic) bond motifs is 3. The van der Waals surface area contributed by atoms with E-state index in [0.29, 0.717) is 19.4 Å². The number of benzene rings is 1. The predicted molar refractivity (Wildman–Crippen MR) is 72.1 cm³/mol. The Morgan fingerprint density at radius 1 is 1.42 bits per heavy atom. The van der Waals surface area contributed by atoms with Gasteiger partial charge >= 0.3 is 0 Å². The zero-order valence-electron chi connectivity index (χ0n) is 11.2. The highest BCUT2D eigenvalue weighted by Crippen LogP contribution is 2.57. The standard InChI is InChI=1S/C16H19F2N/c1-3-9-15-14-7-5-4-6-13(14)11-19(15)10-8-12(2)16(15,17)18/h3-7,12H,1,8-11H2,2H3/t12-,15-/m1/s1. The Bertz CT molecular complexity index is 511. The van der Waals surface area contributed by atoms with Crippen LogP contribution in [0.2, 0.25) is 0 Å². The largest absolute Gasteiger partial charge is 0.284 e. The van der Waals surface area contributed by atoms with E-state index in [0.717, 1.165) is 17.7 Å². The highest BCUT2D eigenvalue weighted by molar-refractivity contribution is 5.42. The van der Waals surface area contributed by atoms with Gasteiger partial charge in [-0.2, -0.15) is 0 Å². The zero-order valence-corrected chi connectivity index (χ0v) is 11.2. The van der Waals surface area contributed by atoms with Gasteiger partial charge in [0.2, 0.25) is 0 Å². The molecule has 0 N–H and O–H groups in total. The van der Waals surface area contributed by atoms with Crippen LogP contribution in [0.15, 0.2) is 36.9 Å². The molecule has 1 saturated heterocycles. The van der Waals surface area contributed by atoms with Gasteiger partial charge in [0, 0.05) is 19.0 Å². The maximum absolute atomic E-state index is 15.0. The number of hydrogen-bond donors (Lipinski definition) is 0. The average molecular weight is 263 g/mol. The lowest BCUT2D eigenvalue weighted by atomic mass is 9.72. The fourth-order valence-electron chi connectivity index (χ4n) is 3.76. The van der Waals surface area contributed by atoms with Gasteiger partial charge in [0.25, 0.3) is 5.92 Å². The number of rotatable bonds is 2. The molecule has 0 spiro atoms. The lowest BCUT2D eigenvalue weighted by Gasteiger charge is -2.50. The summed E-state index contributed by atoms with van der Waals surface area (Å²) in [7, 11) is 0. The summed E-state index contributed by atoms with van der Waals surface area (Å²) in [6, 6.07) is 7.63. The molecule has 0 unspecified atom stereocenters. The Labute approximate surface area is 112 Å². The van der Waals surface area contributed by atoms with Gasteiger partial charge in [-0.1, -0.05) is 37.3 Å². The van der Waals surface area contributed by atoms with Gasteiger partial charge in [-0.15, -0.1) is 6.58 Å². The topological polar surface area (TPSA) is 3.24 Å². The lowest BCUT2D eigenvalue weighted by Crippen LogP contribution is -2.61. The molecular formula is C16H19F2N. The molecule has 1 aromatic carbocycles. The van der Waals surface area contributed by atoms with Crippen LogP contribution in [0.25, 0.3) is 0 Å². The van der Waals surface area contributed by atoms with Gasteiger partial charge in [0.1, 0.15) is 5.54 Å². The monoisotopic (exact) mass is 263 g/mol. The molecule has 2 aliphatic rings. The minimum atomic E-state index is -2.72. The summed E-state index contributed by atoms with van der Waals surface area (Å²) in [5, 5.41) is 0. The molecular weight excluding hydrogens is 244 g/mol. The van der Waals surface area contributed by atoms with Crippen LogP contribution >= 0.6 is 0 Å². The van der Waals surface area contributed by atoms with E-state index in [4.69, 9.17) is 0 Å². The first kappa shape index (κ1) is 12.8. The Morgan fingerprint density at radius 2 is 2.16 bits per heavy atom. The fraction of sp³-hybridized carbons (Fsp3) is 0.500. The summed E-state index contributed by atoms with van der Waals surface area (Å²) in [6.45, 7) is 6.75. The van der Waals surface area contributed by atoms with Crippen LogP contribution in [0, 0.1) is 5.92 Å². The van der Waals surface area contributed by atoms with Crippen molar-refractivity contribution < 1.29 is 8.78 Å². The van der Waals surface area contributed by atoms with Crippen LogP contribution in [-0.4, -0.2) is 17.4 Å². The maximum atomic E-state index is 15.0. The average Bonchev–Trinajstić information content (AvgIpc) is 2.71. The van der Waals surface area contributed by atoms with E-state index in [-0.39, 0.29) is 0 Å². The van der Waals surface area contributed by atoms with Gasteiger partial charge in [-0.25, -0.2) is 8.78 Å². The van der Waals surface area contributed by atoms with Crippen molar-refractivity contribution in [3.05, 3.63) is 48.0 Å². The first-order chi connectivity index (χ1) is 9.04. The number of hydrogen-bond acceptors (Lipinski definition) is 1. The van der Waals surface area contributed by atoms with E-state index in [2.05, 4.69) is 6.58 Å². The molecule has 2 atom stereocenters. The van der Waals surface area contributed by atoms with Crippen molar-refractivity contribution in [2.24, 2.45) is 5.92 Å². The Hall–Kier alpha value is -1.22. The second-order valence-electron chi connectivity index (χ2n) is 5.74. The number of halogens is 2. The molecule has 0 bridgehead atoms. The molecule has 1 nitrogen and oxygen atoms in total.